The number of thiazole rings is 1. The molecule has 0 aliphatic heterocycles. The predicted octanol–water partition coefficient (Wildman–Crippen LogP) is 3.31. The summed E-state index contributed by atoms with van der Waals surface area (Å²) in [6.45, 7) is 6.43. The van der Waals surface area contributed by atoms with E-state index in [2.05, 4.69) is 25.8 Å². The SMILES string of the molecule is CCCc1nc(C(C)CC)sc1C(=O)N(C)C. The van der Waals surface area contributed by atoms with Crippen LogP contribution < -0.4 is 0 Å². The third kappa shape index (κ3) is 3.28. The van der Waals surface area contributed by atoms with Crippen molar-refractivity contribution in [3.8, 4) is 0 Å². The van der Waals surface area contributed by atoms with Crippen LogP contribution in [0.5, 0.6) is 0 Å². The molecule has 1 aromatic heterocycles. The summed E-state index contributed by atoms with van der Waals surface area (Å²) in [5.74, 6) is 0.528. The molecule has 1 atom stereocenters. The van der Waals surface area contributed by atoms with Crippen LogP contribution in [-0.2, 0) is 6.42 Å². The van der Waals surface area contributed by atoms with Crippen molar-refractivity contribution in [1.82, 2.24) is 9.88 Å². The molecule has 17 heavy (non-hydrogen) atoms. The molecule has 0 aliphatic carbocycles. The highest BCUT2D eigenvalue weighted by atomic mass is 32.1. The number of amides is 1. The van der Waals surface area contributed by atoms with Gasteiger partial charge >= 0.3 is 0 Å². The van der Waals surface area contributed by atoms with Gasteiger partial charge in [-0.25, -0.2) is 4.98 Å². The number of hydrogen-bond acceptors (Lipinski definition) is 3. The third-order valence-corrected chi connectivity index (χ3v) is 4.15. The second-order valence-electron chi connectivity index (χ2n) is 4.59. The summed E-state index contributed by atoms with van der Waals surface area (Å²) in [4.78, 5) is 19.2. The molecule has 0 saturated carbocycles. The van der Waals surface area contributed by atoms with Crippen molar-refractivity contribution in [2.45, 2.75) is 46.0 Å². The maximum Gasteiger partial charge on any atom is 0.265 e. The molecule has 0 aliphatic rings. The van der Waals surface area contributed by atoms with E-state index in [4.69, 9.17) is 0 Å². The van der Waals surface area contributed by atoms with E-state index in [1.165, 1.54) is 0 Å². The van der Waals surface area contributed by atoms with Gasteiger partial charge in [0, 0.05) is 20.0 Å². The average molecular weight is 254 g/mol. The van der Waals surface area contributed by atoms with Crippen LogP contribution in [0.1, 0.15) is 59.9 Å². The van der Waals surface area contributed by atoms with E-state index >= 15 is 0 Å². The highest BCUT2D eigenvalue weighted by Gasteiger charge is 2.20. The Morgan fingerprint density at radius 2 is 2.06 bits per heavy atom. The van der Waals surface area contributed by atoms with Crippen molar-refractivity contribution in [1.29, 1.82) is 0 Å². The molecule has 1 unspecified atom stereocenters. The Bertz CT molecular complexity index is 385. The van der Waals surface area contributed by atoms with Gasteiger partial charge in [-0.05, 0) is 12.8 Å². The Hall–Kier alpha value is -0.900. The van der Waals surface area contributed by atoms with E-state index in [-0.39, 0.29) is 5.91 Å². The lowest BCUT2D eigenvalue weighted by molar-refractivity contribution is 0.0831. The second-order valence-corrected chi connectivity index (χ2v) is 5.62. The topological polar surface area (TPSA) is 33.2 Å². The van der Waals surface area contributed by atoms with Gasteiger partial charge in [0.25, 0.3) is 5.91 Å². The lowest BCUT2D eigenvalue weighted by atomic mass is 10.1. The van der Waals surface area contributed by atoms with Gasteiger partial charge in [0.15, 0.2) is 0 Å². The van der Waals surface area contributed by atoms with Crippen LogP contribution in [0.15, 0.2) is 0 Å². The smallest absolute Gasteiger partial charge is 0.265 e. The number of aryl methyl sites for hydroxylation is 1. The maximum absolute atomic E-state index is 12.1. The maximum atomic E-state index is 12.1. The van der Waals surface area contributed by atoms with Crippen LogP contribution in [0.3, 0.4) is 0 Å². The molecule has 0 saturated heterocycles. The number of carbonyl (C=O) groups excluding carboxylic acids is 1. The van der Waals surface area contributed by atoms with Gasteiger partial charge in [0.2, 0.25) is 0 Å². The molecule has 96 valence electrons. The molecule has 1 amide bonds. The molecule has 0 aromatic carbocycles. The molecule has 0 fully saturated rings. The van der Waals surface area contributed by atoms with Gasteiger partial charge in [-0.2, -0.15) is 0 Å². The fourth-order valence-corrected chi connectivity index (χ4v) is 2.80. The Morgan fingerprint density at radius 3 is 2.53 bits per heavy atom. The molecule has 1 heterocycles. The molecule has 0 radical (unpaired) electrons. The van der Waals surface area contributed by atoms with Gasteiger partial charge in [-0.3, -0.25) is 4.79 Å². The van der Waals surface area contributed by atoms with Crippen molar-refractivity contribution in [3.63, 3.8) is 0 Å². The second kappa shape index (κ2) is 6.15. The predicted molar refractivity (Wildman–Crippen MR) is 72.8 cm³/mol. The first-order chi connectivity index (χ1) is 8.01. The van der Waals surface area contributed by atoms with E-state index in [1.54, 1.807) is 30.3 Å². The highest BCUT2D eigenvalue weighted by Crippen LogP contribution is 2.28. The minimum absolute atomic E-state index is 0.0838. The van der Waals surface area contributed by atoms with Crippen molar-refractivity contribution >= 4 is 17.2 Å². The van der Waals surface area contributed by atoms with Crippen LogP contribution in [0.25, 0.3) is 0 Å². The number of hydrogen-bond donors (Lipinski definition) is 0. The lowest BCUT2D eigenvalue weighted by Crippen LogP contribution is -2.21. The Balaban J connectivity index is 3.09. The van der Waals surface area contributed by atoms with E-state index in [1.807, 2.05) is 0 Å². The molecule has 0 bridgehead atoms. The monoisotopic (exact) mass is 254 g/mol. The quantitative estimate of drug-likeness (QED) is 0.807. The lowest BCUT2D eigenvalue weighted by Gasteiger charge is -2.09. The highest BCUT2D eigenvalue weighted by molar-refractivity contribution is 7.13. The number of rotatable bonds is 5. The fraction of sp³-hybridized carbons (Fsp3) is 0.692. The number of carbonyl (C=O) groups is 1. The zero-order valence-electron chi connectivity index (χ0n) is 11.4. The number of nitrogens with zero attached hydrogens (tertiary/aromatic N) is 2. The number of aromatic nitrogens is 1. The molecular formula is C13H22N2OS. The van der Waals surface area contributed by atoms with Crippen molar-refractivity contribution in [2.75, 3.05) is 14.1 Å². The molecular weight excluding hydrogens is 232 g/mol. The minimum atomic E-state index is 0.0838. The summed E-state index contributed by atoms with van der Waals surface area (Å²) < 4.78 is 0. The van der Waals surface area contributed by atoms with Crippen LogP contribution in [0, 0.1) is 0 Å². The summed E-state index contributed by atoms with van der Waals surface area (Å²) in [6, 6.07) is 0. The zero-order valence-corrected chi connectivity index (χ0v) is 12.2. The fourth-order valence-electron chi connectivity index (χ4n) is 1.53. The van der Waals surface area contributed by atoms with Gasteiger partial charge in [-0.15, -0.1) is 11.3 Å². The van der Waals surface area contributed by atoms with Crippen molar-refractivity contribution in [3.05, 3.63) is 15.6 Å². The van der Waals surface area contributed by atoms with Crippen LogP contribution in [-0.4, -0.2) is 29.9 Å². The third-order valence-electron chi connectivity index (χ3n) is 2.84. The molecule has 3 nitrogen and oxygen atoms in total. The van der Waals surface area contributed by atoms with E-state index in [0.717, 1.165) is 34.8 Å². The van der Waals surface area contributed by atoms with Crippen LogP contribution >= 0.6 is 11.3 Å². The zero-order chi connectivity index (χ0) is 13.0. The Kier molecular flexibility index (Phi) is 5.12. The summed E-state index contributed by atoms with van der Waals surface area (Å²) in [5, 5.41) is 1.10. The van der Waals surface area contributed by atoms with E-state index in [9.17, 15) is 4.79 Å². The van der Waals surface area contributed by atoms with Gasteiger partial charge < -0.3 is 4.90 Å². The standard InChI is InChI=1S/C13H22N2OS/c1-6-8-10-11(13(16)15(4)5)17-12(14-10)9(3)7-2/h9H,6-8H2,1-5H3. The largest absolute Gasteiger partial charge is 0.344 e. The summed E-state index contributed by atoms with van der Waals surface area (Å²) >= 11 is 1.57. The van der Waals surface area contributed by atoms with Crippen LogP contribution in [0.4, 0.5) is 0 Å². The molecule has 0 spiro atoms. The molecule has 1 rings (SSSR count). The first-order valence-corrected chi connectivity index (χ1v) is 7.04. The summed E-state index contributed by atoms with van der Waals surface area (Å²) in [7, 11) is 3.58. The normalized spacial score (nSPS) is 12.5. The van der Waals surface area contributed by atoms with E-state index < -0.39 is 0 Å². The minimum Gasteiger partial charge on any atom is -0.344 e. The van der Waals surface area contributed by atoms with Gasteiger partial charge in [0.1, 0.15) is 4.88 Å². The molecule has 0 N–H and O–H groups in total. The molecule has 4 heteroatoms. The van der Waals surface area contributed by atoms with E-state index in [0.29, 0.717) is 5.92 Å². The van der Waals surface area contributed by atoms with Gasteiger partial charge in [0.05, 0.1) is 10.7 Å². The van der Waals surface area contributed by atoms with Crippen molar-refractivity contribution in [2.24, 2.45) is 0 Å². The average Bonchev–Trinajstić information content (AvgIpc) is 2.71. The first kappa shape index (κ1) is 14.2. The first-order valence-electron chi connectivity index (χ1n) is 6.22. The summed E-state index contributed by atoms with van der Waals surface area (Å²) in [5.41, 5.74) is 0.978. The Morgan fingerprint density at radius 1 is 1.41 bits per heavy atom. The van der Waals surface area contributed by atoms with Crippen LogP contribution in [0.2, 0.25) is 0 Å². The van der Waals surface area contributed by atoms with Gasteiger partial charge in [-0.1, -0.05) is 27.2 Å². The Labute approximate surface area is 108 Å². The summed E-state index contributed by atoms with van der Waals surface area (Å²) in [6.07, 6.45) is 2.98. The van der Waals surface area contributed by atoms with Crippen molar-refractivity contribution < 1.29 is 4.79 Å². The molecule has 1 aromatic rings.